The lowest BCUT2D eigenvalue weighted by Gasteiger charge is -2.34. The van der Waals surface area contributed by atoms with E-state index in [0.717, 1.165) is 25.5 Å². The number of nitrogens with one attached hydrogen (secondary N) is 1. The standard InChI is InChI=1S/C28H31ClN6O3/c29-23-8-10-25(30-18-23)34-14-16-35(17-15-34)28(37)38-26-11-9-24(19-31-26)32-27(36)22-6-4-21(5-7-22)20-33-12-2-1-3-13-33/h4-11,18-19H,1-3,12-17,20H2,(H,32,36). The molecule has 2 aliphatic heterocycles. The first-order valence-electron chi connectivity index (χ1n) is 13.0. The maximum atomic E-state index is 12.7. The Bertz CT molecular complexity index is 1220. The smallest absolute Gasteiger partial charge is 0.391 e. The molecule has 0 radical (unpaired) electrons. The molecule has 3 aromatic rings. The highest BCUT2D eigenvalue weighted by atomic mass is 35.5. The number of benzene rings is 1. The maximum Gasteiger partial charge on any atom is 0.416 e. The van der Waals surface area contributed by atoms with Gasteiger partial charge in [0.2, 0.25) is 5.88 Å². The first-order chi connectivity index (χ1) is 18.5. The van der Waals surface area contributed by atoms with Gasteiger partial charge in [-0.2, -0.15) is 0 Å². The number of nitrogens with zero attached hydrogens (tertiary/aromatic N) is 5. The first-order valence-corrected chi connectivity index (χ1v) is 13.3. The van der Waals surface area contributed by atoms with Crippen LogP contribution in [0.4, 0.5) is 16.3 Å². The van der Waals surface area contributed by atoms with Gasteiger partial charge in [-0.25, -0.2) is 14.8 Å². The lowest BCUT2D eigenvalue weighted by Crippen LogP contribution is -2.49. The molecule has 0 saturated carbocycles. The van der Waals surface area contributed by atoms with Crippen LogP contribution in [0.15, 0.2) is 60.9 Å². The molecule has 10 heteroatoms. The second kappa shape index (κ2) is 12.2. The SMILES string of the molecule is O=C(Nc1ccc(OC(=O)N2CCN(c3ccc(Cl)cn3)CC2)nc1)c1ccc(CN2CCCCC2)cc1. The number of halogens is 1. The highest BCUT2D eigenvalue weighted by Gasteiger charge is 2.23. The molecule has 1 aromatic carbocycles. The molecule has 0 atom stereocenters. The molecule has 198 valence electrons. The Hall–Kier alpha value is -3.69. The predicted octanol–water partition coefficient (Wildman–Crippen LogP) is 4.69. The van der Waals surface area contributed by atoms with Crippen molar-refractivity contribution in [3.63, 3.8) is 0 Å². The van der Waals surface area contributed by atoms with Gasteiger partial charge in [0.15, 0.2) is 0 Å². The van der Waals surface area contributed by atoms with Crippen molar-refractivity contribution in [3.8, 4) is 5.88 Å². The van der Waals surface area contributed by atoms with Crippen LogP contribution in [0.25, 0.3) is 0 Å². The number of hydrogen-bond donors (Lipinski definition) is 1. The van der Waals surface area contributed by atoms with Gasteiger partial charge in [-0.1, -0.05) is 30.2 Å². The van der Waals surface area contributed by atoms with E-state index in [0.29, 0.717) is 42.5 Å². The third-order valence-corrected chi connectivity index (χ3v) is 7.05. The number of piperazine rings is 1. The van der Waals surface area contributed by atoms with Gasteiger partial charge < -0.3 is 19.9 Å². The lowest BCUT2D eigenvalue weighted by molar-refractivity contribution is 0.102. The molecular formula is C28H31ClN6O3. The van der Waals surface area contributed by atoms with Crippen LogP contribution in [0.5, 0.6) is 5.88 Å². The van der Waals surface area contributed by atoms with Crippen LogP contribution in [0, 0.1) is 0 Å². The van der Waals surface area contributed by atoms with Crippen LogP contribution in [0.3, 0.4) is 0 Å². The molecule has 1 N–H and O–H groups in total. The number of pyridine rings is 2. The van der Waals surface area contributed by atoms with E-state index < -0.39 is 6.09 Å². The van der Waals surface area contributed by atoms with E-state index in [1.165, 1.54) is 31.0 Å². The number of ether oxygens (including phenoxy) is 1. The summed E-state index contributed by atoms with van der Waals surface area (Å²) in [5, 5.41) is 3.43. The Kier molecular flexibility index (Phi) is 8.35. The summed E-state index contributed by atoms with van der Waals surface area (Å²) < 4.78 is 5.44. The Labute approximate surface area is 227 Å². The molecule has 38 heavy (non-hydrogen) atoms. The van der Waals surface area contributed by atoms with Gasteiger partial charge >= 0.3 is 6.09 Å². The number of carbonyl (C=O) groups is 2. The summed E-state index contributed by atoms with van der Waals surface area (Å²) in [5.41, 5.74) is 2.31. The molecule has 0 aliphatic carbocycles. The monoisotopic (exact) mass is 534 g/mol. The van der Waals surface area contributed by atoms with Gasteiger partial charge in [-0.05, 0) is 61.8 Å². The minimum atomic E-state index is -0.456. The first kappa shape index (κ1) is 25.9. The zero-order valence-corrected chi connectivity index (χ0v) is 21.9. The van der Waals surface area contributed by atoms with Gasteiger partial charge in [-0.3, -0.25) is 9.69 Å². The van der Waals surface area contributed by atoms with Gasteiger partial charge in [0, 0.05) is 50.6 Å². The Morgan fingerprint density at radius 3 is 2.26 bits per heavy atom. The maximum absolute atomic E-state index is 12.7. The fourth-order valence-corrected chi connectivity index (χ4v) is 4.79. The quantitative estimate of drug-likeness (QED) is 0.490. The highest BCUT2D eigenvalue weighted by Crippen LogP contribution is 2.19. The average molecular weight is 535 g/mol. The summed E-state index contributed by atoms with van der Waals surface area (Å²) in [7, 11) is 0. The summed E-state index contributed by atoms with van der Waals surface area (Å²) in [4.78, 5) is 40.0. The van der Waals surface area contributed by atoms with Crippen molar-refractivity contribution in [2.24, 2.45) is 0 Å². The average Bonchev–Trinajstić information content (AvgIpc) is 2.95. The molecule has 2 saturated heterocycles. The van der Waals surface area contributed by atoms with Crippen LogP contribution < -0.4 is 15.0 Å². The minimum Gasteiger partial charge on any atom is -0.391 e. The third-order valence-electron chi connectivity index (χ3n) is 6.83. The molecule has 2 aromatic heterocycles. The van der Waals surface area contributed by atoms with E-state index in [4.69, 9.17) is 16.3 Å². The normalized spacial score (nSPS) is 16.2. The Morgan fingerprint density at radius 1 is 0.842 bits per heavy atom. The molecule has 2 aliphatic rings. The van der Waals surface area contributed by atoms with Crippen molar-refractivity contribution in [2.45, 2.75) is 25.8 Å². The highest BCUT2D eigenvalue weighted by molar-refractivity contribution is 6.30. The second-order valence-corrected chi connectivity index (χ2v) is 9.99. The van der Waals surface area contributed by atoms with E-state index in [1.807, 2.05) is 30.3 Å². The summed E-state index contributed by atoms with van der Waals surface area (Å²) in [6.45, 7) is 5.49. The number of anilines is 2. The molecule has 2 fully saturated rings. The van der Waals surface area contributed by atoms with Gasteiger partial charge in [0.1, 0.15) is 5.82 Å². The van der Waals surface area contributed by atoms with Crippen LogP contribution >= 0.6 is 11.6 Å². The fraction of sp³-hybridized carbons (Fsp3) is 0.357. The topological polar surface area (TPSA) is 90.9 Å². The van der Waals surface area contributed by atoms with Crippen molar-refractivity contribution < 1.29 is 14.3 Å². The van der Waals surface area contributed by atoms with E-state index in [2.05, 4.69) is 25.1 Å². The number of hydrogen-bond acceptors (Lipinski definition) is 7. The van der Waals surface area contributed by atoms with Gasteiger partial charge in [-0.15, -0.1) is 0 Å². The molecule has 0 unspecified atom stereocenters. The molecule has 9 nitrogen and oxygen atoms in total. The number of amides is 2. The van der Waals surface area contributed by atoms with Crippen LogP contribution in [-0.2, 0) is 6.54 Å². The number of likely N-dealkylation sites (tertiary alicyclic amines) is 1. The number of aromatic nitrogens is 2. The molecule has 0 spiro atoms. The van der Waals surface area contributed by atoms with Crippen molar-refractivity contribution in [2.75, 3.05) is 49.5 Å². The zero-order valence-electron chi connectivity index (χ0n) is 21.2. The van der Waals surface area contributed by atoms with Crippen molar-refractivity contribution in [3.05, 3.63) is 77.1 Å². The third kappa shape index (κ3) is 6.79. The van der Waals surface area contributed by atoms with Gasteiger partial charge in [0.05, 0.1) is 16.9 Å². The van der Waals surface area contributed by atoms with Crippen LogP contribution in [0.1, 0.15) is 35.2 Å². The fourth-order valence-electron chi connectivity index (χ4n) is 4.68. The summed E-state index contributed by atoms with van der Waals surface area (Å²) in [5.74, 6) is 0.793. The molecule has 0 bridgehead atoms. The summed E-state index contributed by atoms with van der Waals surface area (Å²) >= 11 is 5.91. The minimum absolute atomic E-state index is 0.178. The second-order valence-electron chi connectivity index (χ2n) is 9.55. The molecule has 4 heterocycles. The Balaban J connectivity index is 1.08. The van der Waals surface area contributed by atoms with E-state index in [1.54, 1.807) is 29.3 Å². The van der Waals surface area contributed by atoms with Crippen LogP contribution in [-0.4, -0.2) is 71.0 Å². The molecule has 2 amide bonds. The zero-order chi connectivity index (χ0) is 26.3. The number of carbonyl (C=O) groups excluding carboxylic acids is 2. The largest absolute Gasteiger partial charge is 0.416 e. The number of piperidine rings is 1. The van der Waals surface area contributed by atoms with Crippen LogP contribution in [0.2, 0.25) is 5.02 Å². The van der Waals surface area contributed by atoms with Crippen molar-refractivity contribution in [1.82, 2.24) is 19.8 Å². The Morgan fingerprint density at radius 2 is 1.61 bits per heavy atom. The number of rotatable bonds is 6. The van der Waals surface area contributed by atoms with E-state index >= 15 is 0 Å². The van der Waals surface area contributed by atoms with E-state index in [9.17, 15) is 9.59 Å². The van der Waals surface area contributed by atoms with Gasteiger partial charge in [0.25, 0.3) is 5.91 Å². The van der Waals surface area contributed by atoms with E-state index in [-0.39, 0.29) is 11.8 Å². The van der Waals surface area contributed by atoms with Crippen molar-refractivity contribution in [1.29, 1.82) is 0 Å². The molecule has 5 rings (SSSR count). The lowest BCUT2D eigenvalue weighted by atomic mass is 10.1. The molecular weight excluding hydrogens is 504 g/mol. The summed E-state index contributed by atoms with van der Waals surface area (Å²) in [6, 6.07) is 14.6. The van der Waals surface area contributed by atoms with Crippen molar-refractivity contribution >= 4 is 35.1 Å². The predicted molar refractivity (Wildman–Crippen MR) is 147 cm³/mol. The summed E-state index contributed by atoms with van der Waals surface area (Å²) in [6.07, 6.45) is 6.47.